The molecular formula is C15H20BrFO. The molecule has 1 fully saturated rings. The van der Waals surface area contributed by atoms with Gasteiger partial charge in [0.25, 0.3) is 0 Å². The van der Waals surface area contributed by atoms with Crippen molar-refractivity contribution < 1.29 is 9.13 Å². The fourth-order valence-electron chi connectivity index (χ4n) is 2.61. The summed E-state index contributed by atoms with van der Waals surface area (Å²) < 4.78 is 18.2. The van der Waals surface area contributed by atoms with Crippen LogP contribution in [0.1, 0.15) is 24.8 Å². The van der Waals surface area contributed by atoms with Crippen LogP contribution in [0.3, 0.4) is 0 Å². The van der Waals surface area contributed by atoms with Crippen molar-refractivity contribution >= 4 is 15.9 Å². The van der Waals surface area contributed by atoms with Gasteiger partial charge in [0.1, 0.15) is 5.82 Å². The number of ether oxygens (including phenoxy) is 1. The third-order valence-electron chi connectivity index (χ3n) is 3.66. The predicted molar refractivity (Wildman–Crippen MR) is 75.5 cm³/mol. The molecule has 1 aliphatic heterocycles. The fraction of sp³-hybridized carbons (Fsp3) is 0.600. The Morgan fingerprint density at radius 1 is 1.22 bits per heavy atom. The standard InChI is InChI=1S/C15H20BrFO/c16-11-14(10-13-5-7-18-8-6-13)9-12-1-3-15(17)4-2-12/h1-4,13-14H,5-11H2. The lowest BCUT2D eigenvalue weighted by molar-refractivity contribution is 0.0596. The molecule has 0 spiro atoms. The van der Waals surface area contributed by atoms with Crippen molar-refractivity contribution in [2.45, 2.75) is 25.7 Å². The average Bonchev–Trinajstić information content (AvgIpc) is 2.41. The van der Waals surface area contributed by atoms with Crippen LogP contribution >= 0.6 is 15.9 Å². The first-order valence-corrected chi connectivity index (χ1v) is 7.78. The van der Waals surface area contributed by atoms with E-state index in [2.05, 4.69) is 15.9 Å². The van der Waals surface area contributed by atoms with Crippen LogP contribution in [-0.4, -0.2) is 18.5 Å². The van der Waals surface area contributed by atoms with E-state index in [-0.39, 0.29) is 5.82 Å². The molecule has 0 aromatic heterocycles. The van der Waals surface area contributed by atoms with E-state index in [0.717, 1.165) is 30.9 Å². The van der Waals surface area contributed by atoms with Crippen molar-refractivity contribution in [2.75, 3.05) is 18.5 Å². The highest BCUT2D eigenvalue weighted by atomic mass is 79.9. The van der Waals surface area contributed by atoms with Crippen LogP contribution in [0, 0.1) is 17.7 Å². The van der Waals surface area contributed by atoms with Crippen molar-refractivity contribution in [3.8, 4) is 0 Å². The van der Waals surface area contributed by atoms with Crippen LogP contribution in [-0.2, 0) is 11.2 Å². The second-order valence-electron chi connectivity index (χ2n) is 5.14. The largest absolute Gasteiger partial charge is 0.381 e. The number of alkyl halides is 1. The molecule has 18 heavy (non-hydrogen) atoms. The molecule has 1 nitrogen and oxygen atoms in total. The molecule has 0 bridgehead atoms. The minimum absolute atomic E-state index is 0.154. The van der Waals surface area contributed by atoms with Gasteiger partial charge in [-0.3, -0.25) is 0 Å². The number of rotatable bonds is 5. The van der Waals surface area contributed by atoms with Gasteiger partial charge in [0, 0.05) is 18.5 Å². The summed E-state index contributed by atoms with van der Waals surface area (Å²) in [6, 6.07) is 6.90. The molecule has 1 heterocycles. The zero-order chi connectivity index (χ0) is 12.8. The Morgan fingerprint density at radius 3 is 2.50 bits per heavy atom. The number of hydrogen-bond acceptors (Lipinski definition) is 1. The van der Waals surface area contributed by atoms with E-state index in [1.54, 1.807) is 12.1 Å². The summed E-state index contributed by atoms with van der Waals surface area (Å²) in [5.74, 6) is 1.28. The van der Waals surface area contributed by atoms with Crippen molar-refractivity contribution in [3.05, 3.63) is 35.6 Å². The average molecular weight is 315 g/mol. The summed E-state index contributed by atoms with van der Waals surface area (Å²) in [7, 11) is 0. The predicted octanol–water partition coefficient (Wildman–Crippen LogP) is 4.20. The van der Waals surface area contributed by atoms with Crippen LogP contribution in [0.2, 0.25) is 0 Å². The number of halogens is 2. The second kappa shape index (κ2) is 7.25. The molecule has 0 amide bonds. The fourth-order valence-corrected chi connectivity index (χ4v) is 3.10. The van der Waals surface area contributed by atoms with Crippen molar-refractivity contribution in [2.24, 2.45) is 11.8 Å². The maximum atomic E-state index is 12.9. The van der Waals surface area contributed by atoms with Gasteiger partial charge in [-0.2, -0.15) is 0 Å². The molecule has 0 N–H and O–H groups in total. The molecule has 1 aliphatic rings. The van der Waals surface area contributed by atoms with Crippen molar-refractivity contribution in [1.29, 1.82) is 0 Å². The lowest BCUT2D eigenvalue weighted by Gasteiger charge is -2.25. The van der Waals surface area contributed by atoms with E-state index < -0.39 is 0 Å². The van der Waals surface area contributed by atoms with Gasteiger partial charge < -0.3 is 4.74 Å². The molecular weight excluding hydrogens is 295 g/mol. The van der Waals surface area contributed by atoms with Gasteiger partial charge in [0.05, 0.1) is 0 Å². The summed E-state index contributed by atoms with van der Waals surface area (Å²) in [5, 5.41) is 1.02. The van der Waals surface area contributed by atoms with Crippen LogP contribution in [0.25, 0.3) is 0 Å². The van der Waals surface area contributed by atoms with Gasteiger partial charge >= 0.3 is 0 Å². The Balaban J connectivity index is 1.86. The minimum Gasteiger partial charge on any atom is -0.381 e. The first-order chi connectivity index (χ1) is 8.78. The second-order valence-corrected chi connectivity index (χ2v) is 5.79. The zero-order valence-corrected chi connectivity index (χ0v) is 12.2. The Kier molecular flexibility index (Phi) is 5.64. The monoisotopic (exact) mass is 314 g/mol. The van der Waals surface area contributed by atoms with E-state index in [0.29, 0.717) is 5.92 Å². The van der Waals surface area contributed by atoms with Gasteiger partial charge in [-0.05, 0) is 55.2 Å². The van der Waals surface area contributed by atoms with Gasteiger partial charge in [-0.25, -0.2) is 4.39 Å². The first-order valence-electron chi connectivity index (χ1n) is 6.66. The lowest BCUT2D eigenvalue weighted by Crippen LogP contribution is -2.20. The molecule has 1 aromatic rings. The van der Waals surface area contributed by atoms with Crippen LogP contribution in [0.4, 0.5) is 4.39 Å². The molecule has 3 heteroatoms. The number of hydrogen-bond donors (Lipinski definition) is 0. The van der Waals surface area contributed by atoms with Gasteiger partial charge in [-0.1, -0.05) is 28.1 Å². The SMILES string of the molecule is Fc1ccc(CC(CBr)CC2CCOCC2)cc1. The van der Waals surface area contributed by atoms with Crippen LogP contribution in [0.15, 0.2) is 24.3 Å². The Bertz CT molecular complexity index is 346. The summed E-state index contributed by atoms with van der Waals surface area (Å²) in [6.07, 6.45) is 4.65. The Morgan fingerprint density at radius 2 is 1.89 bits per heavy atom. The van der Waals surface area contributed by atoms with Crippen LogP contribution in [0.5, 0.6) is 0 Å². The molecule has 1 aromatic carbocycles. The molecule has 1 saturated heterocycles. The Labute approximate surface area is 117 Å². The highest BCUT2D eigenvalue weighted by molar-refractivity contribution is 9.09. The maximum absolute atomic E-state index is 12.9. The maximum Gasteiger partial charge on any atom is 0.123 e. The smallest absolute Gasteiger partial charge is 0.123 e. The molecule has 0 aliphatic carbocycles. The lowest BCUT2D eigenvalue weighted by atomic mass is 9.87. The quantitative estimate of drug-likeness (QED) is 0.740. The van der Waals surface area contributed by atoms with E-state index in [1.165, 1.54) is 24.8 Å². The molecule has 1 atom stereocenters. The van der Waals surface area contributed by atoms with E-state index in [4.69, 9.17) is 4.74 Å². The van der Waals surface area contributed by atoms with Crippen LogP contribution < -0.4 is 0 Å². The highest BCUT2D eigenvalue weighted by Gasteiger charge is 2.19. The Hall–Kier alpha value is -0.410. The number of benzene rings is 1. The summed E-state index contributed by atoms with van der Waals surface area (Å²) >= 11 is 3.61. The first kappa shape index (κ1) is 14.0. The zero-order valence-electron chi connectivity index (χ0n) is 10.6. The van der Waals surface area contributed by atoms with E-state index in [9.17, 15) is 4.39 Å². The normalized spacial score (nSPS) is 18.8. The molecule has 2 rings (SSSR count). The van der Waals surface area contributed by atoms with Crippen molar-refractivity contribution in [1.82, 2.24) is 0 Å². The summed E-state index contributed by atoms with van der Waals surface area (Å²) in [6.45, 7) is 1.83. The topological polar surface area (TPSA) is 9.23 Å². The van der Waals surface area contributed by atoms with E-state index in [1.807, 2.05) is 12.1 Å². The minimum atomic E-state index is -0.154. The van der Waals surface area contributed by atoms with Gasteiger partial charge in [0.15, 0.2) is 0 Å². The van der Waals surface area contributed by atoms with E-state index >= 15 is 0 Å². The van der Waals surface area contributed by atoms with Gasteiger partial charge in [0.2, 0.25) is 0 Å². The molecule has 0 radical (unpaired) electrons. The molecule has 1 unspecified atom stereocenters. The molecule has 0 saturated carbocycles. The van der Waals surface area contributed by atoms with Gasteiger partial charge in [-0.15, -0.1) is 0 Å². The summed E-state index contributed by atoms with van der Waals surface area (Å²) in [5.41, 5.74) is 1.23. The third-order valence-corrected chi connectivity index (χ3v) is 4.58. The van der Waals surface area contributed by atoms with Crippen molar-refractivity contribution in [3.63, 3.8) is 0 Å². The highest BCUT2D eigenvalue weighted by Crippen LogP contribution is 2.26. The third kappa shape index (κ3) is 4.36. The molecule has 100 valence electrons. The summed E-state index contributed by atoms with van der Waals surface area (Å²) in [4.78, 5) is 0.